The van der Waals surface area contributed by atoms with Gasteiger partial charge in [-0.15, -0.1) is 0 Å². The van der Waals surface area contributed by atoms with Gasteiger partial charge in [-0.25, -0.2) is 8.42 Å². The zero-order valence-electron chi connectivity index (χ0n) is 17.2. The molecule has 1 heterocycles. The number of likely N-dealkylation sites (N-methyl/N-ethyl adjacent to an activating group) is 1. The maximum Gasteiger partial charge on any atom is 0.310 e. The first kappa shape index (κ1) is 23.2. The van der Waals surface area contributed by atoms with Crippen molar-refractivity contribution in [3.05, 3.63) is 65.2 Å². The van der Waals surface area contributed by atoms with Crippen molar-refractivity contribution in [1.82, 2.24) is 9.21 Å². The predicted octanol–water partition coefficient (Wildman–Crippen LogP) is 2.94. The molecule has 2 aromatic rings. The molecule has 9 heteroatoms. The van der Waals surface area contributed by atoms with Crippen molar-refractivity contribution in [2.45, 2.75) is 24.3 Å². The molecule has 1 fully saturated rings. The second-order valence-corrected chi connectivity index (χ2v) is 9.87. The van der Waals surface area contributed by atoms with Crippen LogP contribution in [0.5, 0.6) is 0 Å². The van der Waals surface area contributed by atoms with E-state index in [1.54, 1.807) is 7.05 Å². The fourth-order valence-corrected chi connectivity index (χ4v) is 5.06. The number of piperidine rings is 1. The van der Waals surface area contributed by atoms with Crippen LogP contribution in [0.1, 0.15) is 18.4 Å². The first-order valence-corrected chi connectivity index (χ1v) is 11.8. The van der Waals surface area contributed by atoms with E-state index in [-0.39, 0.29) is 24.0 Å². The molecule has 31 heavy (non-hydrogen) atoms. The second-order valence-electron chi connectivity index (χ2n) is 7.50. The number of halogens is 1. The van der Waals surface area contributed by atoms with Crippen molar-refractivity contribution in [1.29, 1.82) is 0 Å². The first-order valence-electron chi connectivity index (χ1n) is 9.97. The molecule has 0 N–H and O–H groups in total. The average Bonchev–Trinajstić information content (AvgIpc) is 2.78. The van der Waals surface area contributed by atoms with Gasteiger partial charge in [0, 0.05) is 31.7 Å². The zero-order chi connectivity index (χ0) is 22.4. The van der Waals surface area contributed by atoms with E-state index in [1.807, 2.05) is 30.3 Å². The van der Waals surface area contributed by atoms with E-state index in [0.29, 0.717) is 31.0 Å². The summed E-state index contributed by atoms with van der Waals surface area (Å²) in [6, 6.07) is 15.4. The van der Waals surface area contributed by atoms with Crippen LogP contribution in [0.25, 0.3) is 0 Å². The van der Waals surface area contributed by atoms with E-state index in [9.17, 15) is 18.0 Å². The van der Waals surface area contributed by atoms with Crippen LogP contribution >= 0.6 is 11.6 Å². The molecule has 1 amide bonds. The van der Waals surface area contributed by atoms with Crippen LogP contribution in [-0.4, -0.2) is 56.2 Å². The third-order valence-corrected chi connectivity index (χ3v) is 7.33. The highest BCUT2D eigenvalue weighted by Gasteiger charge is 2.34. The van der Waals surface area contributed by atoms with Gasteiger partial charge in [-0.05, 0) is 42.7 Å². The molecule has 7 nitrogen and oxygen atoms in total. The Bertz CT molecular complexity index is 1010. The number of rotatable bonds is 7. The standard InChI is InChI=1S/C22H25ClN2O5S/c1-24(14-17-6-3-2-4-7-17)21(26)16-30-22(27)18-8-5-13-25(15-18)31(28,29)20-11-9-19(23)10-12-20/h2-4,6-7,9-12,18H,5,8,13-16H2,1H3. The summed E-state index contributed by atoms with van der Waals surface area (Å²) < 4.78 is 32.2. The van der Waals surface area contributed by atoms with Gasteiger partial charge in [-0.2, -0.15) is 4.31 Å². The van der Waals surface area contributed by atoms with E-state index >= 15 is 0 Å². The van der Waals surface area contributed by atoms with E-state index in [4.69, 9.17) is 16.3 Å². The molecule has 0 aliphatic carbocycles. The summed E-state index contributed by atoms with van der Waals surface area (Å²) in [6.07, 6.45) is 1.05. The van der Waals surface area contributed by atoms with Crippen molar-refractivity contribution in [2.75, 3.05) is 26.7 Å². The smallest absolute Gasteiger partial charge is 0.310 e. The third-order valence-electron chi connectivity index (χ3n) is 5.20. The summed E-state index contributed by atoms with van der Waals surface area (Å²) in [5.41, 5.74) is 0.972. The van der Waals surface area contributed by atoms with Gasteiger partial charge in [0.2, 0.25) is 10.0 Å². The second kappa shape index (κ2) is 10.3. The Balaban J connectivity index is 1.54. The predicted molar refractivity (Wildman–Crippen MR) is 117 cm³/mol. The average molecular weight is 465 g/mol. The van der Waals surface area contributed by atoms with Gasteiger partial charge in [-0.1, -0.05) is 41.9 Å². The Morgan fingerprint density at radius 3 is 2.48 bits per heavy atom. The summed E-state index contributed by atoms with van der Waals surface area (Å²) in [7, 11) is -2.09. The maximum absolute atomic E-state index is 12.9. The van der Waals surface area contributed by atoms with Crippen LogP contribution in [0.2, 0.25) is 5.02 Å². The van der Waals surface area contributed by atoms with Crippen molar-refractivity contribution in [3.63, 3.8) is 0 Å². The summed E-state index contributed by atoms with van der Waals surface area (Å²) >= 11 is 5.84. The van der Waals surface area contributed by atoms with Crippen molar-refractivity contribution in [2.24, 2.45) is 5.92 Å². The lowest BCUT2D eigenvalue weighted by Crippen LogP contribution is -2.43. The number of hydrogen-bond acceptors (Lipinski definition) is 5. The molecule has 1 aliphatic heterocycles. The number of benzene rings is 2. The van der Waals surface area contributed by atoms with Crippen molar-refractivity contribution < 1.29 is 22.7 Å². The van der Waals surface area contributed by atoms with Crippen LogP contribution in [0.3, 0.4) is 0 Å². The molecule has 0 spiro atoms. The lowest BCUT2D eigenvalue weighted by Gasteiger charge is -2.30. The van der Waals surface area contributed by atoms with Crippen LogP contribution < -0.4 is 0 Å². The number of carbonyl (C=O) groups is 2. The number of ether oxygens (including phenoxy) is 1. The van der Waals surface area contributed by atoms with E-state index in [2.05, 4.69) is 0 Å². The van der Waals surface area contributed by atoms with Crippen molar-refractivity contribution in [3.8, 4) is 0 Å². The molecule has 1 unspecified atom stereocenters. The maximum atomic E-state index is 12.9. The lowest BCUT2D eigenvalue weighted by atomic mass is 10.00. The summed E-state index contributed by atoms with van der Waals surface area (Å²) in [4.78, 5) is 26.4. The molecule has 1 saturated heterocycles. The molecule has 1 atom stereocenters. The number of sulfonamides is 1. The number of amides is 1. The van der Waals surface area contributed by atoms with Gasteiger partial charge < -0.3 is 9.64 Å². The summed E-state index contributed by atoms with van der Waals surface area (Å²) in [5, 5.41) is 0.445. The largest absolute Gasteiger partial charge is 0.455 e. The highest BCUT2D eigenvalue weighted by molar-refractivity contribution is 7.89. The van der Waals surface area contributed by atoms with Gasteiger partial charge in [0.15, 0.2) is 6.61 Å². The molecule has 0 aromatic heterocycles. The van der Waals surface area contributed by atoms with Gasteiger partial charge >= 0.3 is 5.97 Å². The topological polar surface area (TPSA) is 84.0 Å². The summed E-state index contributed by atoms with van der Waals surface area (Å²) in [6.45, 7) is 0.391. The van der Waals surface area contributed by atoms with Crippen LogP contribution in [0.4, 0.5) is 0 Å². The van der Waals surface area contributed by atoms with E-state index in [0.717, 1.165) is 5.56 Å². The quantitative estimate of drug-likeness (QED) is 0.588. The van der Waals surface area contributed by atoms with Crippen molar-refractivity contribution >= 4 is 33.5 Å². The number of esters is 1. The number of carbonyl (C=O) groups excluding carboxylic acids is 2. The Kier molecular flexibility index (Phi) is 7.69. The molecular formula is C22H25ClN2O5S. The monoisotopic (exact) mass is 464 g/mol. The normalized spacial score (nSPS) is 17.2. The molecule has 0 radical (unpaired) electrons. The molecule has 0 bridgehead atoms. The Labute approximate surface area is 187 Å². The van der Waals surface area contributed by atoms with Gasteiger partial charge in [0.25, 0.3) is 5.91 Å². The Morgan fingerprint density at radius 1 is 1.13 bits per heavy atom. The van der Waals surface area contributed by atoms with Crippen LogP contribution in [-0.2, 0) is 30.9 Å². The molecular weight excluding hydrogens is 440 g/mol. The van der Waals surface area contributed by atoms with Crippen LogP contribution in [0.15, 0.2) is 59.5 Å². The number of nitrogens with zero attached hydrogens (tertiary/aromatic N) is 2. The SMILES string of the molecule is CN(Cc1ccccc1)C(=O)COC(=O)C1CCCN(S(=O)(=O)c2ccc(Cl)cc2)C1. The van der Waals surface area contributed by atoms with E-state index in [1.165, 1.54) is 33.5 Å². The molecule has 0 saturated carbocycles. The number of hydrogen-bond donors (Lipinski definition) is 0. The minimum atomic E-state index is -3.73. The highest BCUT2D eigenvalue weighted by Crippen LogP contribution is 2.25. The Hall–Kier alpha value is -2.42. The fourth-order valence-electron chi connectivity index (χ4n) is 3.42. The molecule has 1 aliphatic rings. The molecule has 3 rings (SSSR count). The highest BCUT2D eigenvalue weighted by atomic mass is 35.5. The van der Waals surface area contributed by atoms with Crippen LogP contribution in [0, 0.1) is 5.92 Å². The Morgan fingerprint density at radius 2 is 1.81 bits per heavy atom. The van der Waals surface area contributed by atoms with Gasteiger partial charge in [0.1, 0.15) is 0 Å². The molecule has 166 valence electrons. The van der Waals surface area contributed by atoms with Gasteiger partial charge in [-0.3, -0.25) is 9.59 Å². The first-order chi connectivity index (χ1) is 14.8. The molecule has 2 aromatic carbocycles. The zero-order valence-corrected chi connectivity index (χ0v) is 18.8. The minimum Gasteiger partial charge on any atom is -0.455 e. The minimum absolute atomic E-state index is 0.0256. The summed E-state index contributed by atoms with van der Waals surface area (Å²) in [5.74, 6) is -1.49. The van der Waals surface area contributed by atoms with E-state index < -0.39 is 21.9 Å². The lowest BCUT2D eigenvalue weighted by molar-refractivity contribution is -0.156. The van der Waals surface area contributed by atoms with Gasteiger partial charge in [0.05, 0.1) is 10.8 Å². The third kappa shape index (κ3) is 6.06. The fraction of sp³-hybridized carbons (Fsp3) is 0.364.